The molecule has 0 fully saturated rings. The van der Waals surface area contributed by atoms with Crippen molar-refractivity contribution in [1.29, 1.82) is 0 Å². The normalized spacial score (nSPS) is 11.9. The van der Waals surface area contributed by atoms with E-state index in [9.17, 15) is 4.79 Å². The Morgan fingerprint density at radius 2 is 1.68 bits per heavy atom. The number of fused-ring (bicyclic) bond motifs is 1. The first-order valence-corrected chi connectivity index (χ1v) is 9.43. The molecular weight excluding hydrogens is 344 g/mol. The first kappa shape index (κ1) is 17.9. The molecule has 1 atom stereocenters. The van der Waals surface area contributed by atoms with Gasteiger partial charge in [-0.3, -0.25) is 9.78 Å². The fourth-order valence-electron chi connectivity index (χ4n) is 3.29. The number of hydrogen-bond donors (Lipinski definition) is 1. The molecule has 3 aromatic carbocycles. The number of benzene rings is 3. The first-order valence-electron chi connectivity index (χ1n) is 9.43. The van der Waals surface area contributed by atoms with Gasteiger partial charge in [0.1, 0.15) is 0 Å². The molecule has 28 heavy (non-hydrogen) atoms. The van der Waals surface area contributed by atoms with Crippen molar-refractivity contribution in [2.45, 2.75) is 19.9 Å². The third-order valence-electron chi connectivity index (χ3n) is 4.97. The van der Waals surface area contributed by atoms with E-state index in [1.54, 1.807) is 0 Å². The predicted molar refractivity (Wildman–Crippen MR) is 114 cm³/mol. The van der Waals surface area contributed by atoms with Crippen LogP contribution in [0.1, 0.15) is 34.5 Å². The number of aromatic nitrogens is 1. The van der Waals surface area contributed by atoms with E-state index >= 15 is 0 Å². The molecule has 0 spiro atoms. The summed E-state index contributed by atoms with van der Waals surface area (Å²) in [4.78, 5) is 17.3. The Morgan fingerprint density at radius 1 is 0.893 bits per heavy atom. The molecule has 1 N–H and O–H groups in total. The fraction of sp³-hybridized carbons (Fsp3) is 0.120. The van der Waals surface area contributed by atoms with Gasteiger partial charge in [-0.15, -0.1) is 0 Å². The molecular formula is C25H22N2O. The van der Waals surface area contributed by atoms with Crippen LogP contribution in [0.3, 0.4) is 0 Å². The van der Waals surface area contributed by atoms with Crippen LogP contribution in [0.4, 0.5) is 0 Å². The van der Waals surface area contributed by atoms with Gasteiger partial charge in [-0.25, -0.2) is 0 Å². The van der Waals surface area contributed by atoms with Crippen molar-refractivity contribution in [2.75, 3.05) is 0 Å². The standard InChI is InChI=1S/C25H22N2O/c1-17-10-12-19(13-11-17)18(2)27-25(28)22-8-5-7-20(14-22)23-15-21-6-3-4-9-24(21)26-16-23/h3-16,18H,1-2H3,(H,27,28)/t18-/m0/s1. The van der Waals surface area contributed by atoms with Crippen molar-refractivity contribution in [2.24, 2.45) is 0 Å². The lowest BCUT2D eigenvalue weighted by Crippen LogP contribution is -2.26. The second-order valence-corrected chi connectivity index (χ2v) is 7.10. The largest absolute Gasteiger partial charge is 0.346 e. The minimum absolute atomic E-state index is 0.0564. The van der Waals surface area contributed by atoms with Crippen LogP contribution in [-0.2, 0) is 0 Å². The number of carbonyl (C=O) groups excluding carboxylic acids is 1. The van der Waals surface area contributed by atoms with E-state index in [-0.39, 0.29) is 11.9 Å². The lowest BCUT2D eigenvalue weighted by Gasteiger charge is -2.15. The van der Waals surface area contributed by atoms with Crippen LogP contribution in [-0.4, -0.2) is 10.9 Å². The van der Waals surface area contributed by atoms with Gasteiger partial charge in [0.25, 0.3) is 5.91 Å². The molecule has 4 aromatic rings. The topological polar surface area (TPSA) is 42.0 Å². The van der Waals surface area contributed by atoms with Gasteiger partial charge in [-0.2, -0.15) is 0 Å². The maximum atomic E-state index is 12.8. The summed E-state index contributed by atoms with van der Waals surface area (Å²) >= 11 is 0. The maximum Gasteiger partial charge on any atom is 0.251 e. The molecule has 0 radical (unpaired) electrons. The SMILES string of the molecule is Cc1ccc([C@H](C)NC(=O)c2cccc(-c3cnc4ccccc4c3)c2)cc1. The van der Waals surface area contributed by atoms with Crippen molar-refractivity contribution in [1.82, 2.24) is 10.3 Å². The van der Waals surface area contributed by atoms with Gasteiger partial charge in [0.05, 0.1) is 11.6 Å². The highest BCUT2D eigenvalue weighted by molar-refractivity contribution is 5.96. The number of rotatable bonds is 4. The van der Waals surface area contributed by atoms with Gasteiger partial charge in [-0.05, 0) is 49.2 Å². The quantitative estimate of drug-likeness (QED) is 0.503. The smallest absolute Gasteiger partial charge is 0.251 e. The van der Waals surface area contributed by atoms with Gasteiger partial charge in [0, 0.05) is 22.7 Å². The lowest BCUT2D eigenvalue weighted by atomic mass is 10.0. The van der Waals surface area contributed by atoms with Gasteiger partial charge in [0.15, 0.2) is 0 Å². The van der Waals surface area contributed by atoms with E-state index in [4.69, 9.17) is 0 Å². The Balaban J connectivity index is 1.57. The van der Waals surface area contributed by atoms with Gasteiger partial charge < -0.3 is 5.32 Å². The molecule has 3 heteroatoms. The zero-order valence-electron chi connectivity index (χ0n) is 16.0. The lowest BCUT2D eigenvalue weighted by molar-refractivity contribution is 0.0940. The van der Waals surface area contributed by atoms with Crippen LogP contribution in [0.5, 0.6) is 0 Å². The van der Waals surface area contributed by atoms with Crippen LogP contribution in [0.2, 0.25) is 0 Å². The maximum absolute atomic E-state index is 12.8. The van der Waals surface area contributed by atoms with Gasteiger partial charge in [0.2, 0.25) is 0 Å². The van der Waals surface area contributed by atoms with Crippen molar-refractivity contribution >= 4 is 16.8 Å². The minimum atomic E-state index is -0.0799. The van der Waals surface area contributed by atoms with Crippen molar-refractivity contribution in [3.63, 3.8) is 0 Å². The van der Waals surface area contributed by atoms with Crippen molar-refractivity contribution in [3.8, 4) is 11.1 Å². The third-order valence-corrected chi connectivity index (χ3v) is 4.97. The average Bonchev–Trinajstić information content (AvgIpc) is 2.74. The molecule has 138 valence electrons. The summed E-state index contributed by atoms with van der Waals surface area (Å²) in [5.74, 6) is -0.0799. The van der Waals surface area contributed by atoms with Crippen molar-refractivity contribution < 1.29 is 4.79 Å². The minimum Gasteiger partial charge on any atom is -0.346 e. The second kappa shape index (κ2) is 7.65. The summed E-state index contributed by atoms with van der Waals surface area (Å²) in [5.41, 5.74) is 5.89. The van der Waals surface area contributed by atoms with E-state index in [2.05, 4.69) is 47.6 Å². The third kappa shape index (κ3) is 3.79. The Bertz CT molecular complexity index is 1130. The van der Waals surface area contributed by atoms with E-state index < -0.39 is 0 Å². The van der Waals surface area contributed by atoms with Crippen LogP contribution in [0.15, 0.2) is 85.1 Å². The highest BCUT2D eigenvalue weighted by Crippen LogP contribution is 2.24. The fourth-order valence-corrected chi connectivity index (χ4v) is 3.29. The summed E-state index contributed by atoms with van der Waals surface area (Å²) in [6.07, 6.45) is 1.86. The molecule has 0 saturated heterocycles. The molecule has 1 amide bonds. The predicted octanol–water partition coefficient (Wildman–Crippen LogP) is 5.70. The molecule has 3 nitrogen and oxygen atoms in total. The van der Waals surface area contributed by atoms with Crippen LogP contribution >= 0.6 is 0 Å². The van der Waals surface area contributed by atoms with Gasteiger partial charge in [-0.1, -0.05) is 60.2 Å². The highest BCUT2D eigenvalue weighted by atomic mass is 16.1. The Labute approximate surface area is 165 Å². The molecule has 0 unspecified atom stereocenters. The molecule has 0 aliphatic rings. The summed E-state index contributed by atoms with van der Waals surface area (Å²) in [7, 11) is 0. The zero-order valence-corrected chi connectivity index (χ0v) is 16.0. The molecule has 0 bridgehead atoms. The Morgan fingerprint density at radius 3 is 2.50 bits per heavy atom. The summed E-state index contributed by atoms with van der Waals surface area (Å²) in [6.45, 7) is 4.06. The summed E-state index contributed by atoms with van der Waals surface area (Å²) < 4.78 is 0. The van der Waals surface area contributed by atoms with Crippen LogP contribution in [0.25, 0.3) is 22.0 Å². The number of hydrogen-bond acceptors (Lipinski definition) is 2. The molecule has 0 saturated carbocycles. The number of amides is 1. The van der Waals surface area contributed by atoms with E-state index in [1.807, 2.05) is 61.7 Å². The van der Waals surface area contributed by atoms with E-state index in [0.717, 1.165) is 27.6 Å². The number of aryl methyl sites for hydroxylation is 1. The summed E-state index contributed by atoms with van der Waals surface area (Å²) in [5, 5.41) is 4.17. The molecule has 0 aliphatic heterocycles. The molecule has 4 rings (SSSR count). The van der Waals surface area contributed by atoms with Crippen LogP contribution < -0.4 is 5.32 Å². The number of nitrogens with one attached hydrogen (secondary N) is 1. The first-order chi connectivity index (χ1) is 13.6. The average molecular weight is 366 g/mol. The summed E-state index contributed by atoms with van der Waals surface area (Å²) in [6, 6.07) is 26.0. The molecule has 1 heterocycles. The van der Waals surface area contributed by atoms with E-state index in [0.29, 0.717) is 5.56 Å². The highest BCUT2D eigenvalue weighted by Gasteiger charge is 2.12. The van der Waals surface area contributed by atoms with E-state index in [1.165, 1.54) is 5.56 Å². The van der Waals surface area contributed by atoms with Crippen LogP contribution in [0, 0.1) is 6.92 Å². The second-order valence-electron chi connectivity index (χ2n) is 7.10. The monoisotopic (exact) mass is 366 g/mol. The number of pyridine rings is 1. The number of nitrogens with zero attached hydrogens (tertiary/aromatic N) is 1. The Hall–Kier alpha value is -3.46. The van der Waals surface area contributed by atoms with Crippen molar-refractivity contribution in [3.05, 3.63) is 102 Å². The number of para-hydroxylation sites is 1. The number of carbonyl (C=O) groups is 1. The van der Waals surface area contributed by atoms with Gasteiger partial charge >= 0.3 is 0 Å². The zero-order chi connectivity index (χ0) is 19.5. The Kier molecular flexibility index (Phi) is 4.90. The molecule has 1 aromatic heterocycles. The molecule has 0 aliphatic carbocycles.